The van der Waals surface area contributed by atoms with Crippen molar-refractivity contribution in [2.75, 3.05) is 0 Å². The summed E-state index contributed by atoms with van der Waals surface area (Å²) in [5.74, 6) is 0. The lowest BCUT2D eigenvalue weighted by atomic mass is 10.1. The second kappa shape index (κ2) is 7.08. The van der Waals surface area contributed by atoms with E-state index in [1.165, 1.54) is 0 Å². The molecule has 0 radical (unpaired) electrons. The first-order valence-corrected chi connectivity index (χ1v) is 8.76. The van der Waals surface area contributed by atoms with Gasteiger partial charge in [0, 0.05) is 11.6 Å². The Morgan fingerprint density at radius 3 is 2.89 bits per heavy atom. The molecule has 0 spiro atoms. The molecule has 0 aliphatic heterocycles. The van der Waals surface area contributed by atoms with E-state index in [4.69, 9.17) is 22.9 Å². The molecule has 7 nitrogen and oxygen atoms in total. The van der Waals surface area contributed by atoms with Crippen molar-refractivity contribution in [2.45, 2.75) is 13.5 Å². The molecule has 134 valence electrons. The second-order valence-corrected chi connectivity index (χ2v) is 6.56. The summed E-state index contributed by atoms with van der Waals surface area (Å²) in [6.45, 7) is 2.51. The van der Waals surface area contributed by atoms with Crippen LogP contribution in [0.2, 0.25) is 0 Å². The van der Waals surface area contributed by atoms with Crippen LogP contribution < -0.4 is 11.2 Å². The van der Waals surface area contributed by atoms with E-state index in [0.717, 1.165) is 33.3 Å². The molecule has 0 aliphatic carbocycles. The lowest BCUT2D eigenvalue weighted by Crippen LogP contribution is -2.25. The minimum atomic E-state index is 0.117. The van der Waals surface area contributed by atoms with Crippen molar-refractivity contribution in [3.63, 3.8) is 0 Å². The van der Waals surface area contributed by atoms with Crippen molar-refractivity contribution in [3.8, 4) is 0 Å². The smallest absolute Gasteiger partial charge is 0.184 e. The van der Waals surface area contributed by atoms with Crippen LogP contribution in [0.1, 0.15) is 18.2 Å². The molecular weight excluding hydrogens is 358 g/mol. The summed E-state index contributed by atoms with van der Waals surface area (Å²) in [6, 6.07) is 14.0. The van der Waals surface area contributed by atoms with Gasteiger partial charge in [0.1, 0.15) is 5.52 Å². The third kappa shape index (κ3) is 3.61. The van der Waals surface area contributed by atoms with Crippen LogP contribution in [0.5, 0.6) is 0 Å². The normalized spacial score (nSPS) is 11.8. The van der Waals surface area contributed by atoms with E-state index in [0.29, 0.717) is 12.3 Å². The average molecular weight is 375 g/mol. The maximum atomic E-state index is 5.42. The van der Waals surface area contributed by atoms with E-state index in [2.05, 4.69) is 38.7 Å². The zero-order chi connectivity index (χ0) is 18.8. The molecule has 0 atom stereocenters. The molecule has 3 N–H and O–H groups in total. The van der Waals surface area contributed by atoms with Gasteiger partial charge in [0.2, 0.25) is 0 Å². The van der Waals surface area contributed by atoms with Crippen molar-refractivity contribution in [1.29, 1.82) is 0 Å². The summed E-state index contributed by atoms with van der Waals surface area (Å²) >= 11 is 4.77. The highest BCUT2D eigenvalue weighted by Crippen LogP contribution is 2.17. The first-order chi connectivity index (χ1) is 13.1. The SMILES string of the molecule is CC(=NNC(N)=S)c1ccc2ncn(Cc3ccc4ncccc4c3)c2n1. The highest BCUT2D eigenvalue weighted by Gasteiger charge is 2.08. The Balaban J connectivity index is 1.67. The Labute approximate surface area is 161 Å². The van der Waals surface area contributed by atoms with Crippen LogP contribution >= 0.6 is 12.2 Å². The Morgan fingerprint density at radius 2 is 2.04 bits per heavy atom. The lowest BCUT2D eigenvalue weighted by Gasteiger charge is -2.07. The average Bonchev–Trinajstić information content (AvgIpc) is 3.08. The Hall–Kier alpha value is -3.39. The number of benzene rings is 1. The number of hydrogen-bond donors (Lipinski definition) is 2. The van der Waals surface area contributed by atoms with Gasteiger partial charge in [-0.15, -0.1) is 0 Å². The van der Waals surface area contributed by atoms with Gasteiger partial charge < -0.3 is 10.3 Å². The van der Waals surface area contributed by atoms with Crippen LogP contribution in [0, 0.1) is 0 Å². The summed E-state index contributed by atoms with van der Waals surface area (Å²) in [4.78, 5) is 13.5. The maximum Gasteiger partial charge on any atom is 0.184 e. The van der Waals surface area contributed by atoms with Crippen molar-refractivity contribution < 1.29 is 0 Å². The van der Waals surface area contributed by atoms with Crippen LogP contribution in [0.4, 0.5) is 0 Å². The van der Waals surface area contributed by atoms with Crippen molar-refractivity contribution in [1.82, 2.24) is 24.9 Å². The fourth-order valence-corrected chi connectivity index (χ4v) is 2.92. The van der Waals surface area contributed by atoms with Gasteiger partial charge in [-0.2, -0.15) is 5.10 Å². The standard InChI is InChI=1S/C19H17N7S/c1-12(24-25-19(20)27)15-6-7-17-18(23-15)26(11-22-17)10-13-4-5-16-14(9-13)3-2-8-21-16/h2-9,11H,10H2,1H3,(H3,20,25,27). The van der Waals surface area contributed by atoms with Crippen molar-refractivity contribution in [3.05, 3.63) is 66.2 Å². The molecule has 3 heterocycles. The quantitative estimate of drug-likeness (QED) is 0.323. The van der Waals surface area contributed by atoms with Crippen molar-refractivity contribution >= 4 is 45.1 Å². The molecule has 1 aromatic carbocycles. The molecular formula is C19H17N7S. The highest BCUT2D eigenvalue weighted by atomic mass is 32.1. The molecule has 0 amide bonds. The summed E-state index contributed by atoms with van der Waals surface area (Å²) in [5.41, 5.74) is 13.2. The Morgan fingerprint density at radius 1 is 1.19 bits per heavy atom. The maximum absolute atomic E-state index is 5.42. The van der Waals surface area contributed by atoms with Gasteiger partial charge in [-0.05, 0) is 55.0 Å². The number of nitrogens with one attached hydrogen (secondary N) is 1. The van der Waals surface area contributed by atoms with Gasteiger partial charge in [0.05, 0.1) is 29.8 Å². The molecule has 4 aromatic rings. The highest BCUT2D eigenvalue weighted by molar-refractivity contribution is 7.80. The number of nitrogens with zero attached hydrogens (tertiary/aromatic N) is 5. The molecule has 0 unspecified atom stereocenters. The third-order valence-electron chi connectivity index (χ3n) is 4.19. The van der Waals surface area contributed by atoms with E-state index in [1.807, 2.05) is 35.8 Å². The second-order valence-electron chi connectivity index (χ2n) is 6.12. The molecule has 0 bridgehead atoms. The monoisotopic (exact) mass is 375 g/mol. The molecule has 8 heteroatoms. The number of aromatic nitrogens is 4. The number of hydrogen-bond acceptors (Lipinski definition) is 5. The van der Waals surface area contributed by atoms with Gasteiger partial charge >= 0.3 is 0 Å². The first-order valence-electron chi connectivity index (χ1n) is 8.36. The number of rotatable bonds is 4. The number of fused-ring (bicyclic) bond motifs is 2. The van der Waals surface area contributed by atoms with Gasteiger partial charge in [0.15, 0.2) is 10.8 Å². The van der Waals surface area contributed by atoms with Crippen LogP contribution in [0.25, 0.3) is 22.1 Å². The summed E-state index contributed by atoms with van der Waals surface area (Å²) in [5, 5.41) is 5.36. The summed E-state index contributed by atoms with van der Waals surface area (Å²) in [6.07, 6.45) is 3.60. The fraction of sp³-hybridized carbons (Fsp3) is 0.105. The number of nitrogens with two attached hydrogens (primary N) is 1. The van der Waals surface area contributed by atoms with Crippen molar-refractivity contribution in [2.24, 2.45) is 10.8 Å². The third-order valence-corrected chi connectivity index (χ3v) is 4.28. The number of hydrazone groups is 1. The van der Waals surface area contributed by atoms with E-state index in [-0.39, 0.29) is 5.11 Å². The van der Waals surface area contributed by atoms with Gasteiger partial charge in [-0.1, -0.05) is 12.1 Å². The molecule has 3 aromatic heterocycles. The largest absolute Gasteiger partial charge is 0.375 e. The van der Waals surface area contributed by atoms with E-state index >= 15 is 0 Å². The minimum absolute atomic E-state index is 0.117. The van der Waals surface area contributed by atoms with Gasteiger partial charge in [-0.25, -0.2) is 9.97 Å². The zero-order valence-corrected chi connectivity index (χ0v) is 15.4. The summed E-state index contributed by atoms with van der Waals surface area (Å²) < 4.78 is 2.02. The van der Waals surface area contributed by atoms with Crippen LogP contribution in [-0.2, 0) is 6.54 Å². The van der Waals surface area contributed by atoms with E-state index in [9.17, 15) is 0 Å². The minimum Gasteiger partial charge on any atom is -0.375 e. The fourth-order valence-electron chi connectivity index (χ4n) is 2.87. The first kappa shape index (κ1) is 17.0. The number of imidazole rings is 1. The van der Waals surface area contributed by atoms with E-state index in [1.54, 1.807) is 12.5 Å². The zero-order valence-electron chi connectivity index (χ0n) is 14.6. The van der Waals surface area contributed by atoms with Gasteiger partial charge in [0.25, 0.3) is 0 Å². The summed E-state index contributed by atoms with van der Waals surface area (Å²) in [7, 11) is 0. The van der Waals surface area contributed by atoms with E-state index < -0.39 is 0 Å². The molecule has 27 heavy (non-hydrogen) atoms. The molecule has 4 rings (SSSR count). The molecule has 0 fully saturated rings. The number of thiocarbonyl (C=S) groups is 1. The van der Waals surface area contributed by atoms with Crippen LogP contribution in [0.15, 0.2) is 60.1 Å². The predicted octanol–water partition coefficient (Wildman–Crippen LogP) is 2.59. The van der Waals surface area contributed by atoms with Crippen LogP contribution in [-0.4, -0.2) is 30.3 Å². The van der Waals surface area contributed by atoms with Gasteiger partial charge in [-0.3, -0.25) is 10.4 Å². The predicted molar refractivity (Wildman–Crippen MR) is 111 cm³/mol. The molecule has 0 saturated carbocycles. The molecule has 0 saturated heterocycles. The topological polar surface area (TPSA) is 94.0 Å². The number of pyridine rings is 2. The Bertz CT molecular complexity index is 1180. The Kier molecular flexibility index (Phi) is 4.47. The molecule has 0 aliphatic rings. The van der Waals surface area contributed by atoms with Crippen LogP contribution in [0.3, 0.4) is 0 Å². The lowest BCUT2D eigenvalue weighted by molar-refractivity contribution is 0.814.